The molecule has 5 heteroatoms. The van der Waals surface area contributed by atoms with Crippen molar-refractivity contribution in [3.63, 3.8) is 0 Å². The van der Waals surface area contributed by atoms with Crippen LogP contribution in [0.4, 0.5) is 4.39 Å². The number of hydrogen-bond donors (Lipinski definition) is 1. The summed E-state index contributed by atoms with van der Waals surface area (Å²) in [4.78, 5) is 14.3. The van der Waals surface area contributed by atoms with Crippen molar-refractivity contribution in [2.75, 3.05) is 18.8 Å². The fourth-order valence-corrected chi connectivity index (χ4v) is 2.55. The van der Waals surface area contributed by atoms with Crippen LogP contribution in [0.5, 0.6) is 0 Å². The molecule has 3 nitrogen and oxygen atoms in total. The summed E-state index contributed by atoms with van der Waals surface area (Å²) in [5, 5.41) is 9.13. The fraction of sp³-hybridized carbons (Fsp3) is 0.462. The van der Waals surface area contributed by atoms with E-state index in [1.807, 2.05) is 13.8 Å². The van der Waals surface area contributed by atoms with Gasteiger partial charge < -0.3 is 10.0 Å². The lowest BCUT2D eigenvalue weighted by molar-refractivity contribution is -0.127. The molecule has 0 atom stereocenters. The van der Waals surface area contributed by atoms with Gasteiger partial charge in [0.1, 0.15) is 5.82 Å². The maximum atomic E-state index is 13.0. The minimum atomic E-state index is -0.376. The highest BCUT2D eigenvalue weighted by Gasteiger charge is 2.11. The first-order valence-corrected chi connectivity index (χ1v) is 6.90. The topological polar surface area (TPSA) is 40.5 Å². The molecule has 0 spiro atoms. The fourth-order valence-electron chi connectivity index (χ4n) is 1.62. The van der Waals surface area contributed by atoms with E-state index >= 15 is 0 Å². The molecule has 0 aliphatic heterocycles. The Balaban J connectivity index is 2.66. The zero-order chi connectivity index (χ0) is 13.5. The lowest BCUT2D eigenvalue weighted by Crippen LogP contribution is -2.31. The first kappa shape index (κ1) is 15.0. The van der Waals surface area contributed by atoms with Gasteiger partial charge in [0.15, 0.2) is 0 Å². The number of carbonyl (C=O) groups is 1. The zero-order valence-electron chi connectivity index (χ0n) is 10.6. The molecule has 0 heterocycles. The molecule has 0 unspecified atom stereocenters. The Bertz CT molecular complexity index is 408. The number of nitrogens with zero attached hydrogens (tertiary/aromatic N) is 1. The van der Waals surface area contributed by atoms with Crippen molar-refractivity contribution >= 4 is 17.7 Å². The molecule has 1 amide bonds. The molecular weight excluding hydrogens is 253 g/mol. The van der Waals surface area contributed by atoms with Crippen molar-refractivity contribution < 1.29 is 14.3 Å². The second-order valence-corrected chi connectivity index (χ2v) is 4.78. The van der Waals surface area contributed by atoms with E-state index in [0.29, 0.717) is 24.4 Å². The number of amides is 1. The largest absolute Gasteiger partial charge is 0.392 e. The number of thioether (sulfide) groups is 1. The van der Waals surface area contributed by atoms with Gasteiger partial charge in [-0.1, -0.05) is 0 Å². The summed E-state index contributed by atoms with van der Waals surface area (Å²) in [6, 6.07) is 4.23. The lowest BCUT2D eigenvalue weighted by atomic mass is 10.2. The van der Waals surface area contributed by atoms with Gasteiger partial charge in [0.2, 0.25) is 5.91 Å². The molecule has 18 heavy (non-hydrogen) atoms. The Labute approximate surface area is 111 Å². The Hall–Kier alpha value is -1.07. The van der Waals surface area contributed by atoms with Gasteiger partial charge >= 0.3 is 0 Å². The molecule has 0 fully saturated rings. The van der Waals surface area contributed by atoms with Crippen LogP contribution in [0.15, 0.2) is 23.1 Å². The highest BCUT2D eigenvalue weighted by molar-refractivity contribution is 8.00. The van der Waals surface area contributed by atoms with E-state index in [4.69, 9.17) is 5.11 Å². The molecule has 0 saturated heterocycles. The van der Waals surface area contributed by atoms with Crippen LogP contribution < -0.4 is 0 Å². The van der Waals surface area contributed by atoms with Crippen molar-refractivity contribution in [1.29, 1.82) is 0 Å². The second-order valence-electron chi connectivity index (χ2n) is 3.76. The van der Waals surface area contributed by atoms with Crippen LogP contribution in [0.25, 0.3) is 0 Å². The van der Waals surface area contributed by atoms with Crippen LogP contribution in [0.3, 0.4) is 0 Å². The third kappa shape index (κ3) is 3.99. The number of aliphatic hydroxyl groups is 1. The van der Waals surface area contributed by atoms with E-state index in [2.05, 4.69) is 0 Å². The van der Waals surface area contributed by atoms with Gasteiger partial charge in [-0.15, -0.1) is 11.8 Å². The molecule has 100 valence electrons. The van der Waals surface area contributed by atoms with E-state index in [1.54, 1.807) is 11.0 Å². The van der Waals surface area contributed by atoms with Gasteiger partial charge in [-0.2, -0.15) is 0 Å². The second kappa shape index (κ2) is 7.38. The maximum Gasteiger partial charge on any atom is 0.232 e. The monoisotopic (exact) mass is 271 g/mol. The van der Waals surface area contributed by atoms with E-state index in [1.165, 1.54) is 23.9 Å². The van der Waals surface area contributed by atoms with Crippen molar-refractivity contribution in [1.82, 2.24) is 4.90 Å². The van der Waals surface area contributed by atoms with Crippen LogP contribution in [-0.4, -0.2) is 34.8 Å². The van der Waals surface area contributed by atoms with E-state index in [9.17, 15) is 9.18 Å². The normalized spacial score (nSPS) is 10.4. The van der Waals surface area contributed by atoms with Gasteiger partial charge in [0.25, 0.3) is 0 Å². The van der Waals surface area contributed by atoms with Gasteiger partial charge in [-0.05, 0) is 37.6 Å². The highest BCUT2D eigenvalue weighted by Crippen LogP contribution is 2.24. The number of aliphatic hydroxyl groups excluding tert-OH is 1. The SMILES string of the molecule is CCN(CC)C(=O)CSc1ccc(F)cc1CO. The first-order chi connectivity index (χ1) is 8.62. The van der Waals surface area contributed by atoms with E-state index < -0.39 is 0 Å². The van der Waals surface area contributed by atoms with Gasteiger partial charge in [0.05, 0.1) is 12.4 Å². The predicted octanol–water partition coefficient (Wildman–Crippen LogP) is 2.28. The Morgan fingerprint density at radius 2 is 2.06 bits per heavy atom. The molecule has 1 N–H and O–H groups in total. The zero-order valence-corrected chi connectivity index (χ0v) is 11.5. The standard InChI is InChI=1S/C13H18FNO2S/c1-3-15(4-2)13(17)9-18-12-6-5-11(14)7-10(12)8-16/h5-7,16H,3-4,8-9H2,1-2H3. The first-order valence-electron chi connectivity index (χ1n) is 5.92. The molecule has 0 aliphatic carbocycles. The summed E-state index contributed by atoms with van der Waals surface area (Å²) >= 11 is 1.33. The van der Waals surface area contributed by atoms with Crippen molar-refractivity contribution in [3.8, 4) is 0 Å². The summed E-state index contributed by atoms with van der Waals surface area (Å²) < 4.78 is 13.0. The molecular formula is C13H18FNO2S. The average molecular weight is 271 g/mol. The molecule has 0 saturated carbocycles. The molecule has 0 radical (unpaired) electrons. The van der Waals surface area contributed by atoms with Crippen molar-refractivity contribution in [2.24, 2.45) is 0 Å². The predicted molar refractivity (Wildman–Crippen MR) is 71.0 cm³/mol. The number of halogens is 1. The molecule has 1 aromatic carbocycles. The van der Waals surface area contributed by atoms with Crippen LogP contribution in [0.1, 0.15) is 19.4 Å². The number of hydrogen-bond acceptors (Lipinski definition) is 3. The molecule has 0 bridgehead atoms. The Morgan fingerprint density at radius 1 is 1.39 bits per heavy atom. The van der Waals surface area contributed by atoms with Crippen molar-refractivity contribution in [2.45, 2.75) is 25.3 Å². The summed E-state index contributed by atoms with van der Waals surface area (Å²) in [6.45, 7) is 5.02. The lowest BCUT2D eigenvalue weighted by Gasteiger charge is -2.18. The minimum Gasteiger partial charge on any atom is -0.392 e. The van der Waals surface area contributed by atoms with Gasteiger partial charge in [-0.3, -0.25) is 4.79 Å². The van der Waals surface area contributed by atoms with Crippen LogP contribution in [0.2, 0.25) is 0 Å². The number of benzene rings is 1. The smallest absolute Gasteiger partial charge is 0.232 e. The van der Waals surface area contributed by atoms with Crippen LogP contribution >= 0.6 is 11.8 Å². The summed E-state index contributed by atoms with van der Waals surface area (Å²) in [6.07, 6.45) is 0. The summed E-state index contributed by atoms with van der Waals surface area (Å²) in [5.74, 6) is -0.0166. The summed E-state index contributed by atoms with van der Waals surface area (Å²) in [5.41, 5.74) is 0.521. The van der Waals surface area contributed by atoms with Gasteiger partial charge in [0, 0.05) is 18.0 Å². The maximum absolute atomic E-state index is 13.0. The molecule has 1 aromatic rings. The van der Waals surface area contributed by atoms with E-state index in [-0.39, 0.29) is 18.3 Å². The third-order valence-corrected chi connectivity index (χ3v) is 3.76. The Morgan fingerprint density at radius 3 is 2.61 bits per heavy atom. The Kier molecular flexibility index (Phi) is 6.15. The quantitative estimate of drug-likeness (QED) is 0.807. The molecule has 0 aliphatic rings. The molecule has 1 rings (SSSR count). The number of carbonyl (C=O) groups excluding carboxylic acids is 1. The average Bonchev–Trinajstić information content (AvgIpc) is 2.38. The number of rotatable bonds is 6. The van der Waals surface area contributed by atoms with Gasteiger partial charge in [-0.25, -0.2) is 4.39 Å². The van der Waals surface area contributed by atoms with Crippen molar-refractivity contribution in [3.05, 3.63) is 29.6 Å². The van der Waals surface area contributed by atoms with E-state index in [0.717, 1.165) is 4.90 Å². The molecule has 0 aromatic heterocycles. The minimum absolute atomic E-state index is 0.0539. The summed E-state index contributed by atoms with van der Waals surface area (Å²) in [7, 11) is 0. The highest BCUT2D eigenvalue weighted by atomic mass is 32.2. The third-order valence-electron chi connectivity index (χ3n) is 2.66. The van der Waals surface area contributed by atoms with Crippen LogP contribution in [0, 0.1) is 5.82 Å². The van der Waals surface area contributed by atoms with Crippen LogP contribution in [-0.2, 0) is 11.4 Å².